The molecular weight excluding hydrogens is 759 g/mol. The average Bonchev–Trinajstić information content (AvgIpc) is 3.66. The van der Waals surface area contributed by atoms with Crippen LogP contribution < -0.4 is 4.90 Å². The standard InChI is InChI=1S/C62H43N/c1-5-19-44(20-6-1)45-33-35-46(36-34-45)47-37-39-51(40-38-47)63(50-25-11-4-12-26-50)52-41-42-54-53-27-13-14-28-55(53)62(60(54)43-52)58-31-17-15-29-56(58)61(48-21-7-2-8-22-48,49-23-9-3-10-24-49)57-30-16-18-32-59(57)62/h1-43H. The Morgan fingerprint density at radius 3 is 1.10 bits per heavy atom. The second-order valence-corrected chi connectivity index (χ2v) is 16.8. The van der Waals surface area contributed by atoms with Crippen molar-refractivity contribution < 1.29 is 0 Å². The maximum Gasteiger partial charge on any atom is 0.0720 e. The van der Waals surface area contributed by atoms with Crippen LogP contribution in [0.2, 0.25) is 0 Å². The molecule has 0 amide bonds. The molecule has 1 nitrogen and oxygen atoms in total. The Hall–Kier alpha value is -8.00. The van der Waals surface area contributed by atoms with E-state index in [4.69, 9.17) is 0 Å². The first kappa shape index (κ1) is 36.8. The normalized spacial score (nSPS) is 13.7. The predicted molar refractivity (Wildman–Crippen MR) is 261 cm³/mol. The summed E-state index contributed by atoms with van der Waals surface area (Å²) in [7, 11) is 0. The van der Waals surface area contributed by atoms with Gasteiger partial charge in [-0.2, -0.15) is 0 Å². The van der Waals surface area contributed by atoms with Crippen LogP contribution in [0.15, 0.2) is 261 Å². The number of fused-ring (bicyclic) bond motifs is 9. The minimum atomic E-state index is -0.583. The maximum atomic E-state index is 2.49. The van der Waals surface area contributed by atoms with E-state index >= 15 is 0 Å². The largest absolute Gasteiger partial charge is 0.310 e. The lowest BCUT2D eigenvalue weighted by Crippen LogP contribution is -2.44. The molecule has 1 heteroatoms. The van der Waals surface area contributed by atoms with E-state index in [-0.39, 0.29) is 0 Å². The Balaban J connectivity index is 1.07. The first-order valence-corrected chi connectivity index (χ1v) is 21.9. The molecule has 10 aromatic carbocycles. The quantitative estimate of drug-likeness (QED) is 0.155. The van der Waals surface area contributed by atoms with Gasteiger partial charge in [0.2, 0.25) is 0 Å². The Morgan fingerprint density at radius 2 is 0.571 bits per heavy atom. The minimum absolute atomic E-state index is 0.546. The van der Waals surface area contributed by atoms with Crippen LogP contribution in [0.4, 0.5) is 17.1 Å². The molecule has 0 N–H and O–H groups in total. The van der Waals surface area contributed by atoms with Gasteiger partial charge in [-0.15, -0.1) is 0 Å². The van der Waals surface area contributed by atoms with Crippen molar-refractivity contribution in [3.05, 3.63) is 305 Å². The molecule has 63 heavy (non-hydrogen) atoms. The lowest BCUT2D eigenvalue weighted by molar-refractivity contribution is 0.623. The monoisotopic (exact) mass is 801 g/mol. The van der Waals surface area contributed by atoms with Crippen molar-refractivity contribution in [2.24, 2.45) is 0 Å². The molecule has 0 heterocycles. The Bertz CT molecular complexity index is 3160. The van der Waals surface area contributed by atoms with E-state index in [9.17, 15) is 0 Å². The summed E-state index contributed by atoms with van der Waals surface area (Å²) in [5.41, 5.74) is 20.0. The molecule has 0 aromatic heterocycles. The highest BCUT2D eigenvalue weighted by Crippen LogP contribution is 2.65. The fourth-order valence-corrected chi connectivity index (χ4v) is 11.0. The smallest absolute Gasteiger partial charge is 0.0720 e. The summed E-state index contributed by atoms with van der Waals surface area (Å²) in [6.45, 7) is 0. The second kappa shape index (κ2) is 14.9. The molecule has 0 saturated heterocycles. The number of anilines is 3. The van der Waals surface area contributed by atoms with Gasteiger partial charge in [-0.05, 0) is 114 Å². The predicted octanol–water partition coefficient (Wildman–Crippen LogP) is 15.5. The maximum absolute atomic E-state index is 2.49. The van der Waals surface area contributed by atoms with Gasteiger partial charge in [0.05, 0.1) is 10.8 Å². The van der Waals surface area contributed by atoms with E-state index in [2.05, 4.69) is 266 Å². The van der Waals surface area contributed by atoms with Gasteiger partial charge in [0.25, 0.3) is 0 Å². The SMILES string of the molecule is c1ccc(-c2ccc(-c3ccc(N(c4ccccc4)c4ccc5c(c4)C4(c6ccccc6-5)c5ccccc5C(c5ccccc5)(c5ccccc5)c5ccccc54)cc3)cc2)cc1. The van der Waals surface area contributed by atoms with Crippen LogP contribution in [0.5, 0.6) is 0 Å². The molecule has 2 aliphatic carbocycles. The number of nitrogens with zero attached hydrogens (tertiary/aromatic N) is 1. The zero-order valence-corrected chi connectivity index (χ0v) is 34.8. The van der Waals surface area contributed by atoms with Crippen LogP contribution >= 0.6 is 0 Å². The molecule has 0 atom stereocenters. The molecule has 0 aliphatic heterocycles. The van der Waals surface area contributed by atoms with Gasteiger partial charge in [-0.25, -0.2) is 0 Å². The summed E-state index contributed by atoms with van der Waals surface area (Å²) >= 11 is 0. The Labute approximate surface area is 369 Å². The molecule has 0 unspecified atom stereocenters. The van der Waals surface area contributed by atoms with Crippen molar-refractivity contribution in [1.29, 1.82) is 0 Å². The molecule has 12 rings (SSSR count). The van der Waals surface area contributed by atoms with Crippen LogP contribution in [0.25, 0.3) is 33.4 Å². The summed E-state index contributed by atoms with van der Waals surface area (Å²) < 4.78 is 0. The Kier molecular flexibility index (Phi) is 8.69. The Morgan fingerprint density at radius 1 is 0.222 bits per heavy atom. The summed E-state index contributed by atoms with van der Waals surface area (Å²) in [5.74, 6) is 0. The molecule has 0 bridgehead atoms. The highest BCUT2D eigenvalue weighted by Gasteiger charge is 2.56. The van der Waals surface area contributed by atoms with Crippen molar-refractivity contribution in [3.63, 3.8) is 0 Å². The van der Waals surface area contributed by atoms with Crippen molar-refractivity contribution in [1.82, 2.24) is 0 Å². The van der Waals surface area contributed by atoms with Crippen LogP contribution in [-0.2, 0) is 10.8 Å². The highest BCUT2D eigenvalue weighted by atomic mass is 15.1. The van der Waals surface area contributed by atoms with Crippen LogP contribution in [0, 0.1) is 0 Å². The molecular formula is C62H43N. The topological polar surface area (TPSA) is 3.24 Å². The second-order valence-electron chi connectivity index (χ2n) is 16.8. The van der Waals surface area contributed by atoms with E-state index in [0.717, 1.165) is 17.1 Å². The highest BCUT2D eigenvalue weighted by molar-refractivity contribution is 5.92. The lowest BCUT2D eigenvalue weighted by Gasteiger charge is -2.50. The summed E-state index contributed by atoms with van der Waals surface area (Å²) in [4.78, 5) is 2.41. The summed E-state index contributed by atoms with van der Waals surface area (Å²) in [5, 5.41) is 0. The molecule has 0 fully saturated rings. The van der Waals surface area contributed by atoms with Gasteiger partial charge in [0.15, 0.2) is 0 Å². The van der Waals surface area contributed by atoms with Crippen molar-refractivity contribution in [2.45, 2.75) is 10.8 Å². The summed E-state index contributed by atoms with van der Waals surface area (Å²) in [6.07, 6.45) is 0. The van der Waals surface area contributed by atoms with E-state index in [1.807, 2.05) is 0 Å². The third-order valence-corrected chi connectivity index (χ3v) is 13.6. The molecule has 1 spiro atoms. The van der Waals surface area contributed by atoms with Gasteiger partial charge in [-0.3, -0.25) is 0 Å². The molecule has 0 radical (unpaired) electrons. The fraction of sp³-hybridized carbons (Fsp3) is 0.0323. The van der Waals surface area contributed by atoms with Gasteiger partial charge in [-0.1, -0.05) is 224 Å². The zero-order valence-electron chi connectivity index (χ0n) is 34.8. The van der Waals surface area contributed by atoms with Gasteiger partial charge < -0.3 is 4.90 Å². The minimum Gasteiger partial charge on any atom is -0.310 e. The van der Waals surface area contributed by atoms with Crippen molar-refractivity contribution in [2.75, 3.05) is 4.90 Å². The van der Waals surface area contributed by atoms with E-state index < -0.39 is 10.8 Å². The number of hydrogen-bond acceptors (Lipinski definition) is 1. The van der Waals surface area contributed by atoms with Crippen LogP contribution in [0.1, 0.15) is 44.5 Å². The average molecular weight is 802 g/mol. The van der Waals surface area contributed by atoms with E-state index in [0.29, 0.717) is 0 Å². The third kappa shape index (κ3) is 5.56. The number of benzene rings is 10. The van der Waals surface area contributed by atoms with Gasteiger partial charge in [0, 0.05) is 17.1 Å². The number of para-hydroxylation sites is 1. The zero-order chi connectivity index (χ0) is 41.8. The number of hydrogen-bond donors (Lipinski definition) is 0. The summed E-state index contributed by atoms with van der Waals surface area (Å²) in [6, 6.07) is 96.5. The van der Waals surface area contributed by atoms with Gasteiger partial charge >= 0.3 is 0 Å². The number of rotatable bonds is 7. The van der Waals surface area contributed by atoms with Gasteiger partial charge in [0.1, 0.15) is 0 Å². The first-order chi connectivity index (χ1) is 31.3. The molecule has 296 valence electrons. The first-order valence-electron chi connectivity index (χ1n) is 21.9. The molecule has 2 aliphatic rings. The van der Waals surface area contributed by atoms with E-state index in [1.54, 1.807) is 0 Å². The fourth-order valence-electron chi connectivity index (χ4n) is 11.0. The third-order valence-electron chi connectivity index (χ3n) is 13.6. The molecule has 0 saturated carbocycles. The van der Waals surface area contributed by atoms with E-state index in [1.165, 1.54) is 77.9 Å². The molecule has 10 aromatic rings. The van der Waals surface area contributed by atoms with Crippen LogP contribution in [-0.4, -0.2) is 0 Å². The lowest BCUT2D eigenvalue weighted by atomic mass is 9.51. The van der Waals surface area contributed by atoms with Crippen LogP contribution in [0.3, 0.4) is 0 Å². The van der Waals surface area contributed by atoms with Crippen molar-refractivity contribution in [3.8, 4) is 33.4 Å². The van der Waals surface area contributed by atoms with Crippen molar-refractivity contribution >= 4 is 17.1 Å².